The van der Waals surface area contributed by atoms with Gasteiger partial charge in [0.2, 0.25) is 10.0 Å². The van der Waals surface area contributed by atoms with Crippen LogP contribution in [0.15, 0.2) is 41.3 Å². The molecule has 1 aliphatic rings. The number of hydrogen-bond donors (Lipinski definition) is 2. The van der Waals surface area contributed by atoms with Gasteiger partial charge in [0.15, 0.2) is 28.3 Å². The molecule has 0 aromatic heterocycles. The molecule has 0 radical (unpaired) electrons. The Hall–Kier alpha value is -2.67. The van der Waals surface area contributed by atoms with Gasteiger partial charge >= 0.3 is 0 Å². The number of anilines is 1. The van der Waals surface area contributed by atoms with E-state index in [-0.39, 0.29) is 29.3 Å². The lowest BCUT2D eigenvalue weighted by Crippen LogP contribution is -2.49. The minimum absolute atomic E-state index is 0.0193. The normalized spacial score (nSPS) is 16.4. The van der Waals surface area contributed by atoms with E-state index in [0.29, 0.717) is 30.5 Å². The molecule has 33 heavy (non-hydrogen) atoms. The summed E-state index contributed by atoms with van der Waals surface area (Å²) in [5.74, 6) is -2.86. The molecule has 1 saturated heterocycles. The third-order valence-electron chi connectivity index (χ3n) is 4.92. The van der Waals surface area contributed by atoms with Gasteiger partial charge in [-0.3, -0.25) is 4.79 Å². The van der Waals surface area contributed by atoms with Crippen LogP contribution in [0.3, 0.4) is 0 Å². The SMILES string of the molecule is CCC(=O)c1cc(F)c(OCC2CN(C(=S)Nc3ccc(S(N)(=O)=O)cc3)CCO2)c(F)c1. The Kier molecular flexibility index (Phi) is 7.95. The largest absolute Gasteiger partial charge is 0.485 e. The Morgan fingerprint density at radius 3 is 2.48 bits per heavy atom. The molecular weight excluding hydrogens is 476 g/mol. The summed E-state index contributed by atoms with van der Waals surface area (Å²) >= 11 is 5.41. The van der Waals surface area contributed by atoms with E-state index in [2.05, 4.69) is 5.32 Å². The molecule has 1 fully saturated rings. The van der Waals surface area contributed by atoms with Gasteiger partial charge in [-0.25, -0.2) is 22.3 Å². The molecular formula is C21H23F2N3O5S2. The summed E-state index contributed by atoms with van der Waals surface area (Å²) in [5.41, 5.74) is 0.519. The highest BCUT2D eigenvalue weighted by Crippen LogP contribution is 2.25. The summed E-state index contributed by atoms with van der Waals surface area (Å²) in [7, 11) is -3.79. The fourth-order valence-electron chi connectivity index (χ4n) is 3.17. The number of ether oxygens (including phenoxy) is 2. The molecule has 3 rings (SSSR count). The van der Waals surface area contributed by atoms with Crippen molar-refractivity contribution >= 4 is 38.8 Å². The second-order valence-electron chi connectivity index (χ2n) is 7.30. The zero-order valence-electron chi connectivity index (χ0n) is 17.7. The lowest BCUT2D eigenvalue weighted by molar-refractivity contribution is -0.0291. The van der Waals surface area contributed by atoms with E-state index in [0.717, 1.165) is 12.1 Å². The number of rotatable bonds is 7. The first-order valence-electron chi connectivity index (χ1n) is 10.0. The summed E-state index contributed by atoms with van der Waals surface area (Å²) in [6.07, 6.45) is -0.381. The van der Waals surface area contributed by atoms with Crippen LogP contribution in [0, 0.1) is 11.6 Å². The summed E-state index contributed by atoms with van der Waals surface area (Å²) in [6.45, 7) is 2.57. The van der Waals surface area contributed by atoms with Gasteiger partial charge < -0.3 is 19.7 Å². The van der Waals surface area contributed by atoms with Gasteiger partial charge in [0, 0.05) is 30.8 Å². The standard InChI is InChI=1S/C21H23F2N3O5S2/c1-2-19(27)13-9-17(22)20(18(23)10-13)31-12-15-11-26(7-8-30-15)21(32)25-14-3-5-16(6-4-14)33(24,28)29/h3-6,9-10,15H,2,7-8,11-12H2,1H3,(H,25,32)(H2,24,28,29). The maximum atomic E-state index is 14.3. The Morgan fingerprint density at radius 2 is 1.91 bits per heavy atom. The second-order valence-corrected chi connectivity index (χ2v) is 9.24. The van der Waals surface area contributed by atoms with E-state index >= 15 is 0 Å². The number of primary sulfonamides is 1. The molecule has 2 aromatic rings. The van der Waals surface area contributed by atoms with Gasteiger partial charge in [0.1, 0.15) is 12.7 Å². The number of nitrogens with two attached hydrogens (primary N) is 1. The summed E-state index contributed by atoms with van der Waals surface area (Å²) < 4.78 is 62.2. The molecule has 1 aliphatic heterocycles. The zero-order chi connectivity index (χ0) is 24.2. The van der Waals surface area contributed by atoms with Gasteiger partial charge in [-0.2, -0.15) is 0 Å². The van der Waals surface area contributed by atoms with E-state index in [1.807, 2.05) is 0 Å². The number of sulfonamides is 1. The van der Waals surface area contributed by atoms with Gasteiger partial charge in [-0.05, 0) is 48.6 Å². The first kappa shape index (κ1) is 25.0. The van der Waals surface area contributed by atoms with Crippen molar-refractivity contribution in [1.82, 2.24) is 4.90 Å². The van der Waals surface area contributed by atoms with Crippen LogP contribution in [0.1, 0.15) is 23.7 Å². The molecule has 1 unspecified atom stereocenters. The molecule has 178 valence electrons. The number of halogens is 2. The Balaban J connectivity index is 1.58. The molecule has 1 heterocycles. The minimum atomic E-state index is -3.79. The predicted molar refractivity (Wildman–Crippen MR) is 122 cm³/mol. The summed E-state index contributed by atoms with van der Waals surface area (Å²) in [6, 6.07) is 7.70. The smallest absolute Gasteiger partial charge is 0.238 e. The number of ketones is 1. The first-order valence-corrected chi connectivity index (χ1v) is 12.0. The van der Waals surface area contributed by atoms with E-state index in [9.17, 15) is 22.0 Å². The molecule has 12 heteroatoms. The predicted octanol–water partition coefficient (Wildman–Crippen LogP) is 2.68. The van der Waals surface area contributed by atoms with Crippen LogP contribution in [-0.4, -0.2) is 56.6 Å². The topological polar surface area (TPSA) is 111 Å². The minimum Gasteiger partial charge on any atom is -0.485 e. The monoisotopic (exact) mass is 499 g/mol. The summed E-state index contributed by atoms with van der Waals surface area (Å²) in [4.78, 5) is 13.5. The molecule has 0 bridgehead atoms. The Bertz CT molecular complexity index is 1120. The molecule has 1 atom stereocenters. The number of morpholine rings is 1. The molecule has 0 aliphatic carbocycles. The van der Waals surface area contributed by atoms with Crippen molar-refractivity contribution in [3.8, 4) is 5.75 Å². The van der Waals surface area contributed by atoms with Crippen LogP contribution in [0.4, 0.5) is 14.5 Å². The Morgan fingerprint density at radius 1 is 1.27 bits per heavy atom. The highest BCUT2D eigenvalue weighted by Gasteiger charge is 2.24. The van der Waals surface area contributed by atoms with E-state index in [1.54, 1.807) is 11.8 Å². The lowest BCUT2D eigenvalue weighted by Gasteiger charge is -2.34. The van der Waals surface area contributed by atoms with Crippen LogP contribution < -0.4 is 15.2 Å². The number of carbonyl (C=O) groups is 1. The quantitative estimate of drug-likeness (QED) is 0.442. The van der Waals surface area contributed by atoms with Crippen LogP contribution in [0.25, 0.3) is 0 Å². The fraction of sp³-hybridized carbons (Fsp3) is 0.333. The van der Waals surface area contributed by atoms with Crippen LogP contribution in [0.2, 0.25) is 0 Å². The third-order valence-corrected chi connectivity index (χ3v) is 6.20. The number of carbonyl (C=O) groups excluding carboxylic acids is 1. The van der Waals surface area contributed by atoms with Crippen molar-refractivity contribution in [3.63, 3.8) is 0 Å². The molecule has 2 aromatic carbocycles. The van der Waals surface area contributed by atoms with Crippen molar-refractivity contribution in [2.75, 3.05) is 31.6 Å². The maximum Gasteiger partial charge on any atom is 0.238 e. The number of hydrogen-bond acceptors (Lipinski definition) is 6. The number of benzene rings is 2. The average molecular weight is 500 g/mol. The van der Waals surface area contributed by atoms with Crippen molar-refractivity contribution < 1.29 is 31.5 Å². The van der Waals surface area contributed by atoms with E-state index in [4.69, 9.17) is 26.8 Å². The number of Topliss-reactive ketones (excluding diaryl/α,β-unsaturated/α-hetero) is 1. The molecule has 3 N–H and O–H groups in total. The van der Waals surface area contributed by atoms with Crippen molar-refractivity contribution in [2.45, 2.75) is 24.3 Å². The molecule has 8 nitrogen and oxygen atoms in total. The maximum absolute atomic E-state index is 14.3. The van der Waals surface area contributed by atoms with Crippen LogP contribution in [-0.2, 0) is 14.8 Å². The highest BCUT2D eigenvalue weighted by atomic mass is 32.2. The lowest BCUT2D eigenvalue weighted by atomic mass is 10.1. The van der Waals surface area contributed by atoms with E-state index < -0.39 is 33.5 Å². The molecule has 0 spiro atoms. The average Bonchev–Trinajstić information content (AvgIpc) is 2.77. The fourth-order valence-corrected chi connectivity index (χ4v) is 3.97. The zero-order valence-corrected chi connectivity index (χ0v) is 19.3. The van der Waals surface area contributed by atoms with Crippen LogP contribution in [0.5, 0.6) is 5.75 Å². The summed E-state index contributed by atoms with van der Waals surface area (Å²) in [5, 5.41) is 8.45. The first-order chi connectivity index (χ1) is 15.6. The van der Waals surface area contributed by atoms with Crippen molar-refractivity contribution in [3.05, 3.63) is 53.6 Å². The highest BCUT2D eigenvalue weighted by molar-refractivity contribution is 7.89. The molecule has 0 saturated carbocycles. The third kappa shape index (κ3) is 6.44. The van der Waals surface area contributed by atoms with Gasteiger partial charge in [-0.1, -0.05) is 6.92 Å². The number of nitrogens with one attached hydrogen (secondary N) is 1. The van der Waals surface area contributed by atoms with Crippen molar-refractivity contribution in [1.29, 1.82) is 0 Å². The second kappa shape index (κ2) is 10.5. The van der Waals surface area contributed by atoms with Gasteiger partial charge in [0.25, 0.3) is 0 Å². The number of thiocarbonyl (C=S) groups is 1. The van der Waals surface area contributed by atoms with Gasteiger partial charge in [0.05, 0.1) is 11.5 Å². The van der Waals surface area contributed by atoms with Crippen LogP contribution >= 0.6 is 12.2 Å². The van der Waals surface area contributed by atoms with E-state index in [1.165, 1.54) is 24.3 Å². The Labute approximate surface area is 195 Å². The van der Waals surface area contributed by atoms with Gasteiger partial charge in [-0.15, -0.1) is 0 Å². The van der Waals surface area contributed by atoms with Crippen molar-refractivity contribution in [2.24, 2.45) is 5.14 Å². The number of nitrogens with zero attached hydrogens (tertiary/aromatic N) is 1. The molecule has 0 amide bonds.